The smallest absolute Gasteiger partial charge is 0.289 e. The van der Waals surface area contributed by atoms with E-state index in [9.17, 15) is 9.90 Å². The van der Waals surface area contributed by atoms with Gasteiger partial charge in [0, 0.05) is 24.1 Å². The van der Waals surface area contributed by atoms with E-state index in [0.717, 1.165) is 10.8 Å². The number of aliphatic hydroxyl groups excluding tert-OH is 1. The van der Waals surface area contributed by atoms with Gasteiger partial charge in [-0.15, -0.1) is 0 Å². The van der Waals surface area contributed by atoms with Gasteiger partial charge in [0.2, 0.25) is 17.5 Å². The molecule has 0 saturated carbocycles. The van der Waals surface area contributed by atoms with Crippen molar-refractivity contribution >= 4 is 45.1 Å². The van der Waals surface area contributed by atoms with Crippen molar-refractivity contribution in [3.8, 4) is 11.8 Å². The van der Waals surface area contributed by atoms with Crippen molar-refractivity contribution in [2.45, 2.75) is 6.04 Å². The second-order valence-electron chi connectivity index (χ2n) is 6.48. The number of fused-ring (bicyclic) bond motifs is 5. The summed E-state index contributed by atoms with van der Waals surface area (Å²) in [5.74, 6) is 0.428. The van der Waals surface area contributed by atoms with E-state index in [4.69, 9.17) is 20.8 Å². The number of aliphatic hydroxyl groups is 1. The molecule has 1 aliphatic heterocycles. The number of carbonyl (C=O) groups excluding carboxylic acids is 1. The minimum absolute atomic E-state index is 0.170. The van der Waals surface area contributed by atoms with Crippen LogP contribution < -0.4 is 15.4 Å². The first-order chi connectivity index (χ1) is 14.1. The average Bonchev–Trinajstić information content (AvgIpc) is 3.02. The Morgan fingerprint density at radius 2 is 2.14 bits per heavy atom. The first-order valence-electron chi connectivity index (χ1n) is 8.79. The number of nitrogens with zero attached hydrogens (tertiary/aromatic N) is 3. The van der Waals surface area contributed by atoms with E-state index in [2.05, 4.69) is 25.6 Å². The number of hydrogen-bond acceptors (Lipinski definition) is 8. The molecule has 0 radical (unpaired) electrons. The quantitative estimate of drug-likeness (QED) is 0.440. The largest absolute Gasteiger partial charge is 0.449 e. The van der Waals surface area contributed by atoms with E-state index in [1.807, 2.05) is 6.07 Å². The molecule has 1 aliphatic rings. The Labute approximate surface area is 168 Å². The van der Waals surface area contributed by atoms with Crippen LogP contribution in [0.5, 0.6) is 11.8 Å². The highest BCUT2D eigenvalue weighted by molar-refractivity contribution is 6.29. The standard InChI is InChI=1S/C19H14ClN5O4/c20-13-5-15(23-8-22-13)29-14-4-1-10-11(25-14)2-3-12-16(10)17-18(28-12)19(27)24-9(7-26)6-21-17/h1-5,8-9,21,26H,6-7H2,(H,24,27)/t9-/m0/s1. The molecule has 0 spiro atoms. The first kappa shape index (κ1) is 17.7. The van der Waals surface area contributed by atoms with Gasteiger partial charge in [-0.05, 0) is 18.2 Å². The van der Waals surface area contributed by atoms with Crippen molar-refractivity contribution in [1.82, 2.24) is 20.3 Å². The van der Waals surface area contributed by atoms with Gasteiger partial charge in [-0.3, -0.25) is 4.79 Å². The zero-order chi connectivity index (χ0) is 20.0. The summed E-state index contributed by atoms with van der Waals surface area (Å²) in [6, 6.07) is 8.18. The monoisotopic (exact) mass is 411 g/mol. The third-order valence-electron chi connectivity index (χ3n) is 4.60. The van der Waals surface area contributed by atoms with Crippen LogP contribution >= 0.6 is 11.6 Å². The van der Waals surface area contributed by atoms with Crippen molar-refractivity contribution in [3.05, 3.63) is 47.6 Å². The number of pyridine rings is 1. The van der Waals surface area contributed by atoms with E-state index >= 15 is 0 Å². The van der Waals surface area contributed by atoms with E-state index in [1.165, 1.54) is 12.4 Å². The second kappa shape index (κ2) is 6.87. The number of carbonyl (C=O) groups is 1. The van der Waals surface area contributed by atoms with Crippen LogP contribution in [-0.2, 0) is 0 Å². The van der Waals surface area contributed by atoms with Gasteiger partial charge in [0.05, 0.1) is 29.2 Å². The molecular formula is C19H14ClN5O4. The Morgan fingerprint density at radius 3 is 2.97 bits per heavy atom. The van der Waals surface area contributed by atoms with Gasteiger partial charge in [-0.2, -0.15) is 0 Å². The SMILES string of the molecule is O=C1N[C@H](CO)CNc2c1oc1ccc3nc(Oc4cc(Cl)ncn4)ccc3c21. The average molecular weight is 412 g/mol. The summed E-state index contributed by atoms with van der Waals surface area (Å²) < 4.78 is 11.4. The van der Waals surface area contributed by atoms with Crippen molar-refractivity contribution in [2.75, 3.05) is 18.5 Å². The Balaban J connectivity index is 1.59. The molecule has 1 amide bonds. The molecule has 29 heavy (non-hydrogen) atoms. The maximum Gasteiger partial charge on any atom is 0.289 e. The number of furan rings is 1. The Hall–Kier alpha value is -3.43. The van der Waals surface area contributed by atoms with Gasteiger partial charge in [0.1, 0.15) is 17.1 Å². The van der Waals surface area contributed by atoms with Crippen molar-refractivity contribution in [1.29, 1.82) is 0 Å². The summed E-state index contributed by atoms with van der Waals surface area (Å²) in [6.07, 6.45) is 1.30. The fourth-order valence-corrected chi connectivity index (χ4v) is 3.42. The molecule has 4 aromatic rings. The van der Waals surface area contributed by atoms with Crippen molar-refractivity contribution < 1.29 is 19.1 Å². The molecule has 0 aliphatic carbocycles. The number of ether oxygens (including phenoxy) is 1. The van der Waals surface area contributed by atoms with Crippen LogP contribution in [0.15, 0.2) is 41.1 Å². The molecule has 146 valence electrons. The minimum Gasteiger partial charge on any atom is -0.449 e. The predicted octanol–water partition coefficient (Wildman–Crippen LogP) is 2.73. The lowest BCUT2D eigenvalue weighted by atomic mass is 10.1. The molecule has 10 heteroatoms. The molecule has 4 heterocycles. The third-order valence-corrected chi connectivity index (χ3v) is 4.81. The van der Waals surface area contributed by atoms with Crippen LogP contribution in [0.2, 0.25) is 5.15 Å². The van der Waals surface area contributed by atoms with Crippen LogP contribution in [0.25, 0.3) is 21.9 Å². The fraction of sp³-hybridized carbons (Fsp3) is 0.158. The Kier molecular flexibility index (Phi) is 4.18. The number of anilines is 1. The number of hydrogen-bond donors (Lipinski definition) is 3. The molecule has 1 atom stereocenters. The van der Waals surface area contributed by atoms with Crippen LogP contribution in [0.4, 0.5) is 5.69 Å². The molecule has 0 unspecified atom stereocenters. The van der Waals surface area contributed by atoms with E-state index in [0.29, 0.717) is 29.2 Å². The van der Waals surface area contributed by atoms with E-state index < -0.39 is 6.04 Å². The lowest BCUT2D eigenvalue weighted by molar-refractivity contribution is 0.0900. The van der Waals surface area contributed by atoms with Gasteiger partial charge in [-0.25, -0.2) is 15.0 Å². The highest BCUT2D eigenvalue weighted by Crippen LogP contribution is 2.37. The first-order valence-corrected chi connectivity index (χ1v) is 9.17. The molecule has 0 saturated heterocycles. The van der Waals surface area contributed by atoms with E-state index in [1.54, 1.807) is 18.2 Å². The molecule has 3 aromatic heterocycles. The summed E-state index contributed by atoms with van der Waals surface area (Å²) in [5, 5.41) is 17.1. The van der Waals surface area contributed by atoms with Crippen molar-refractivity contribution in [3.63, 3.8) is 0 Å². The molecule has 0 bridgehead atoms. The van der Waals surface area contributed by atoms with Crippen molar-refractivity contribution in [2.24, 2.45) is 0 Å². The van der Waals surface area contributed by atoms with Gasteiger partial charge < -0.3 is 24.9 Å². The molecular weight excluding hydrogens is 398 g/mol. The van der Waals surface area contributed by atoms with Crippen LogP contribution in [0.3, 0.4) is 0 Å². The normalized spacial score (nSPS) is 16.2. The number of aromatic nitrogens is 3. The topological polar surface area (TPSA) is 122 Å². The maximum atomic E-state index is 12.5. The molecule has 5 rings (SSSR count). The van der Waals surface area contributed by atoms with Gasteiger partial charge in [0.15, 0.2) is 0 Å². The van der Waals surface area contributed by atoms with Crippen LogP contribution in [0.1, 0.15) is 10.6 Å². The Morgan fingerprint density at radius 1 is 1.24 bits per heavy atom. The number of rotatable bonds is 3. The number of nitrogens with one attached hydrogen (secondary N) is 2. The molecule has 0 fully saturated rings. The Bertz CT molecular complexity index is 1260. The summed E-state index contributed by atoms with van der Waals surface area (Å²) in [5.41, 5.74) is 1.80. The van der Waals surface area contributed by atoms with Gasteiger partial charge in [0.25, 0.3) is 5.91 Å². The summed E-state index contributed by atoms with van der Waals surface area (Å²) in [4.78, 5) is 24.8. The minimum atomic E-state index is -0.395. The summed E-state index contributed by atoms with van der Waals surface area (Å²) >= 11 is 5.86. The summed E-state index contributed by atoms with van der Waals surface area (Å²) in [7, 11) is 0. The second-order valence-corrected chi connectivity index (χ2v) is 6.86. The number of halogens is 1. The van der Waals surface area contributed by atoms with E-state index in [-0.39, 0.29) is 29.3 Å². The molecule has 3 N–H and O–H groups in total. The van der Waals surface area contributed by atoms with Crippen LogP contribution in [0, 0.1) is 0 Å². The highest BCUT2D eigenvalue weighted by Gasteiger charge is 2.27. The molecule has 9 nitrogen and oxygen atoms in total. The zero-order valence-electron chi connectivity index (χ0n) is 14.8. The lowest BCUT2D eigenvalue weighted by Gasteiger charge is -2.12. The van der Waals surface area contributed by atoms with Gasteiger partial charge in [-0.1, -0.05) is 11.6 Å². The predicted molar refractivity (Wildman–Crippen MR) is 105 cm³/mol. The third kappa shape index (κ3) is 3.10. The summed E-state index contributed by atoms with van der Waals surface area (Å²) in [6.45, 7) is 0.209. The number of amides is 1. The number of benzene rings is 1. The zero-order valence-corrected chi connectivity index (χ0v) is 15.6. The molecule has 1 aromatic carbocycles. The fourth-order valence-electron chi connectivity index (χ4n) is 3.29. The van der Waals surface area contributed by atoms with Gasteiger partial charge >= 0.3 is 0 Å². The lowest BCUT2D eigenvalue weighted by Crippen LogP contribution is -2.39. The highest BCUT2D eigenvalue weighted by atomic mass is 35.5. The van der Waals surface area contributed by atoms with Crippen LogP contribution in [-0.4, -0.2) is 45.2 Å². The maximum absolute atomic E-state index is 12.5.